The van der Waals surface area contributed by atoms with Crippen molar-refractivity contribution in [3.05, 3.63) is 28.7 Å². The molecule has 0 aromatic heterocycles. The lowest BCUT2D eigenvalue weighted by Gasteiger charge is -2.01. The Hall–Kier alpha value is -1.89. The number of rotatable bonds is 3. The molecule has 0 aliphatic carbocycles. The minimum absolute atomic E-state index is 0.0396. The molecule has 4 nitrogen and oxygen atoms in total. The summed E-state index contributed by atoms with van der Waals surface area (Å²) in [6.45, 7) is 0. The van der Waals surface area contributed by atoms with Crippen LogP contribution in [0.5, 0.6) is 5.75 Å². The lowest BCUT2D eigenvalue weighted by atomic mass is 10.1. The van der Waals surface area contributed by atoms with E-state index in [1.54, 1.807) is 12.1 Å². The Morgan fingerprint density at radius 2 is 2.31 bits per heavy atom. The number of hydrogen-bond donors (Lipinski definition) is 1. The summed E-state index contributed by atoms with van der Waals surface area (Å²) in [7, 11) is 0. The molecule has 0 heterocycles. The summed E-state index contributed by atoms with van der Waals surface area (Å²) < 4.78 is 0. The van der Waals surface area contributed by atoms with Crippen LogP contribution in [0.3, 0.4) is 0 Å². The number of aromatic hydroxyl groups is 1. The van der Waals surface area contributed by atoms with Crippen LogP contribution in [-0.2, 0) is 6.42 Å². The molecule has 0 fully saturated rings. The number of benzene rings is 1. The van der Waals surface area contributed by atoms with Crippen LogP contribution in [0, 0.1) is 16.2 Å². The summed E-state index contributed by atoms with van der Waals surface area (Å²) in [5.41, 5.74) is 0.648. The van der Waals surface area contributed by atoms with E-state index < -0.39 is 0 Å². The standard InChI is InChI=1S/C9H8N2O2/c10-6-2-4-7-3-1-5-8(12)9(7)11-13/h1,3,5,12H,2,4H2. The van der Waals surface area contributed by atoms with Gasteiger partial charge in [-0.3, -0.25) is 0 Å². The first-order valence-electron chi connectivity index (χ1n) is 3.80. The SMILES string of the molecule is N#CCCc1cccc(O)c1N=O. The van der Waals surface area contributed by atoms with E-state index in [-0.39, 0.29) is 11.4 Å². The highest BCUT2D eigenvalue weighted by Gasteiger charge is 2.06. The lowest BCUT2D eigenvalue weighted by Crippen LogP contribution is -1.84. The molecule has 66 valence electrons. The zero-order chi connectivity index (χ0) is 9.68. The molecule has 1 rings (SSSR count). The van der Waals surface area contributed by atoms with Gasteiger partial charge in [-0.1, -0.05) is 12.1 Å². The van der Waals surface area contributed by atoms with Gasteiger partial charge in [0.2, 0.25) is 0 Å². The molecule has 1 aromatic carbocycles. The molecule has 0 amide bonds. The molecule has 0 spiro atoms. The molecule has 0 radical (unpaired) electrons. The smallest absolute Gasteiger partial charge is 0.152 e. The zero-order valence-electron chi connectivity index (χ0n) is 6.90. The van der Waals surface area contributed by atoms with E-state index in [4.69, 9.17) is 5.26 Å². The lowest BCUT2D eigenvalue weighted by molar-refractivity contribution is 0.476. The maximum atomic E-state index is 10.3. The van der Waals surface area contributed by atoms with E-state index in [9.17, 15) is 10.0 Å². The average molecular weight is 176 g/mol. The Balaban J connectivity index is 2.99. The highest BCUT2D eigenvalue weighted by Crippen LogP contribution is 2.30. The van der Waals surface area contributed by atoms with Crippen molar-refractivity contribution in [1.82, 2.24) is 0 Å². The summed E-state index contributed by atoms with van der Waals surface area (Å²) in [6.07, 6.45) is 0.748. The van der Waals surface area contributed by atoms with Crippen LogP contribution in [0.1, 0.15) is 12.0 Å². The topological polar surface area (TPSA) is 73.4 Å². The van der Waals surface area contributed by atoms with Gasteiger partial charge in [0.25, 0.3) is 0 Å². The van der Waals surface area contributed by atoms with Gasteiger partial charge in [0.1, 0.15) is 5.75 Å². The minimum Gasteiger partial charge on any atom is -0.506 e. The largest absolute Gasteiger partial charge is 0.506 e. The van der Waals surface area contributed by atoms with Crippen molar-refractivity contribution in [2.24, 2.45) is 5.18 Å². The van der Waals surface area contributed by atoms with Gasteiger partial charge in [-0.15, -0.1) is 4.91 Å². The summed E-state index contributed by atoms with van der Waals surface area (Å²) in [6, 6.07) is 6.65. The molecule has 0 saturated carbocycles. The van der Waals surface area contributed by atoms with Crippen LogP contribution in [0.15, 0.2) is 23.4 Å². The predicted octanol–water partition coefficient (Wildman–Crippen LogP) is 2.25. The van der Waals surface area contributed by atoms with Crippen molar-refractivity contribution in [2.45, 2.75) is 12.8 Å². The second-order valence-corrected chi connectivity index (χ2v) is 2.53. The molecule has 4 heteroatoms. The van der Waals surface area contributed by atoms with Crippen molar-refractivity contribution in [1.29, 1.82) is 5.26 Å². The highest BCUT2D eigenvalue weighted by atomic mass is 16.3. The molecule has 0 atom stereocenters. The number of phenolic OH excluding ortho intramolecular Hbond substituents is 1. The van der Waals surface area contributed by atoms with Crippen molar-refractivity contribution >= 4 is 5.69 Å². The Bertz CT molecular complexity index is 355. The van der Waals surface area contributed by atoms with E-state index in [2.05, 4.69) is 5.18 Å². The van der Waals surface area contributed by atoms with Crippen molar-refractivity contribution in [3.63, 3.8) is 0 Å². The van der Waals surface area contributed by atoms with Gasteiger partial charge < -0.3 is 5.11 Å². The van der Waals surface area contributed by atoms with Crippen molar-refractivity contribution in [2.75, 3.05) is 0 Å². The predicted molar refractivity (Wildman–Crippen MR) is 47.5 cm³/mol. The molecule has 1 N–H and O–H groups in total. The van der Waals surface area contributed by atoms with Crippen LogP contribution >= 0.6 is 0 Å². The summed E-state index contributed by atoms with van der Waals surface area (Å²) in [5.74, 6) is -0.134. The van der Waals surface area contributed by atoms with Crippen molar-refractivity contribution < 1.29 is 5.11 Å². The monoisotopic (exact) mass is 176 g/mol. The van der Waals surface area contributed by atoms with Crippen LogP contribution in [0.4, 0.5) is 5.69 Å². The third-order valence-electron chi connectivity index (χ3n) is 1.70. The number of phenols is 1. The molecule has 0 bridgehead atoms. The third-order valence-corrected chi connectivity index (χ3v) is 1.70. The summed E-state index contributed by atoms with van der Waals surface area (Å²) in [5, 5.41) is 20.3. The first-order valence-corrected chi connectivity index (χ1v) is 3.80. The molecule has 1 aromatic rings. The van der Waals surface area contributed by atoms with Gasteiger partial charge in [0.15, 0.2) is 5.69 Å². The average Bonchev–Trinajstić information content (AvgIpc) is 2.15. The Labute approximate surface area is 75.4 Å². The number of aryl methyl sites for hydroxylation is 1. The van der Waals surface area contributed by atoms with Crippen LogP contribution in [-0.4, -0.2) is 5.11 Å². The fourth-order valence-electron chi connectivity index (χ4n) is 1.08. The summed E-state index contributed by atoms with van der Waals surface area (Å²) >= 11 is 0. The molecular weight excluding hydrogens is 168 g/mol. The van der Waals surface area contributed by atoms with Gasteiger partial charge >= 0.3 is 0 Å². The Morgan fingerprint density at radius 3 is 2.92 bits per heavy atom. The number of hydrogen-bond acceptors (Lipinski definition) is 4. The fraction of sp³-hybridized carbons (Fsp3) is 0.222. The van der Waals surface area contributed by atoms with Gasteiger partial charge in [0, 0.05) is 6.42 Å². The third kappa shape index (κ3) is 2.03. The van der Waals surface area contributed by atoms with E-state index in [1.165, 1.54) is 6.07 Å². The molecular formula is C9H8N2O2. The maximum absolute atomic E-state index is 10.3. The fourth-order valence-corrected chi connectivity index (χ4v) is 1.08. The van der Waals surface area contributed by atoms with Gasteiger partial charge in [0.05, 0.1) is 6.07 Å². The Kier molecular flexibility index (Phi) is 2.98. The highest BCUT2D eigenvalue weighted by molar-refractivity contribution is 5.56. The second-order valence-electron chi connectivity index (χ2n) is 2.53. The van der Waals surface area contributed by atoms with E-state index in [0.717, 1.165) is 0 Å². The van der Waals surface area contributed by atoms with Crippen LogP contribution in [0.25, 0.3) is 0 Å². The molecule has 0 unspecified atom stereocenters. The van der Waals surface area contributed by atoms with E-state index >= 15 is 0 Å². The first-order chi connectivity index (χ1) is 6.29. The van der Waals surface area contributed by atoms with Crippen LogP contribution < -0.4 is 0 Å². The molecule has 0 aliphatic heterocycles. The van der Waals surface area contributed by atoms with Crippen molar-refractivity contribution in [3.8, 4) is 11.8 Å². The molecule has 13 heavy (non-hydrogen) atoms. The number of nitriles is 1. The van der Waals surface area contributed by atoms with Crippen LogP contribution in [0.2, 0.25) is 0 Å². The van der Waals surface area contributed by atoms with Gasteiger partial charge in [-0.25, -0.2) is 0 Å². The second kappa shape index (κ2) is 4.21. The molecule has 0 saturated heterocycles. The van der Waals surface area contributed by atoms with Gasteiger partial charge in [-0.2, -0.15) is 5.26 Å². The number of nitrogens with zero attached hydrogens (tertiary/aromatic N) is 2. The van der Waals surface area contributed by atoms with E-state index in [1.807, 2.05) is 6.07 Å². The summed E-state index contributed by atoms with van der Waals surface area (Å²) in [4.78, 5) is 10.3. The quantitative estimate of drug-likeness (QED) is 0.717. The first kappa shape index (κ1) is 9.20. The van der Waals surface area contributed by atoms with E-state index in [0.29, 0.717) is 18.4 Å². The number of nitroso groups, excluding NO2 is 1. The minimum atomic E-state index is -0.134. The maximum Gasteiger partial charge on any atom is 0.152 e. The molecule has 0 aliphatic rings. The normalized spacial score (nSPS) is 9.15. The Morgan fingerprint density at radius 1 is 1.54 bits per heavy atom. The van der Waals surface area contributed by atoms with Gasteiger partial charge in [-0.05, 0) is 23.2 Å². The zero-order valence-corrected chi connectivity index (χ0v) is 6.90.